The van der Waals surface area contributed by atoms with Crippen LogP contribution in [0.25, 0.3) is 4.91 Å². The van der Waals surface area contributed by atoms with Gasteiger partial charge in [-0.2, -0.15) is 0 Å². The Balaban J connectivity index is 2.01. The van der Waals surface area contributed by atoms with Crippen molar-refractivity contribution in [1.29, 1.82) is 0 Å². The molecule has 1 fully saturated rings. The molecule has 0 atom stereocenters. The Bertz CT molecular complexity index is 535. The van der Waals surface area contributed by atoms with E-state index in [2.05, 4.69) is 29.1 Å². The van der Waals surface area contributed by atoms with E-state index in [0.717, 1.165) is 18.1 Å². The fourth-order valence-electron chi connectivity index (χ4n) is 3.41. The molecule has 0 saturated heterocycles. The summed E-state index contributed by atoms with van der Waals surface area (Å²) in [6.45, 7) is 4.12. The van der Waals surface area contributed by atoms with Crippen LogP contribution in [0, 0.1) is 0 Å². The predicted molar refractivity (Wildman–Crippen MR) is 93.5 cm³/mol. The molecular weight excluding hydrogens is 300 g/mol. The molecule has 0 bridgehead atoms. The minimum Gasteiger partial charge on any atom is -0.313 e. The fraction of sp³-hybridized carbons (Fsp3) is 0.529. The van der Waals surface area contributed by atoms with Crippen LogP contribution < -0.4 is 10.0 Å². The Kier molecular flexibility index (Phi) is 4.95. The van der Waals surface area contributed by atoms with Gasteiger partial charge in [-0.25, -0.2) is 4.72 Å². The van der Waals surface area contributed by atoms with Gasteiger partial charge in [0.2, 0.25) is 0 Å². The van der Waals surface area contributed by atoms with Gasteiger partial charge in [-0.15, -0.1) is 0 Å². The van der Waals surface area contributed by atoms with Gasteiger partial charge in [0.25, 0.3) is 0 Å². The number of rotatable bonds is 4. The lowest BCUT2D eigenvalue weighted by atomic mass is 9.76. The van der Waals surface area contributed by atoms with Crippen molar-refractivity contribution in [3.05, 3.63) is 40.4 Å². The zero-order chi connectivity index (χ0) is 14.7. The summed E-state index contributed by atoms with van der Waals surface area (Å²) in [6, 6.07) is 8.20. The van der Waals surface area contributed by atoms with Gasteiger partial charge in [-0.05, 0) is 43.0 Å². The fourth-order valence-corrected chi connectivity index (χ4v) is 5.00. The Morgan fingerprint density at radius 1 is 1.24 bits per heavy atom. The number of benzene rings is 1. The lowest BCUT2D eigenvalue weighted by molar-refractivity contribution is 0.321. The van der Waals surface area contributed by atoms with Gasteiger partial charge < -0.3 is 5.32 Å². The molecule has 1 aromatic rings. The maximum absolute atomic E-state index is 6.44. The molecule has 0 amide bonds. The Morgan fingerprint density at radius 2 is 2.00 bits per heavy atom. The maximum atomic E-state index is 6.44. The first-order chi connectivity index (χ1) is 10.3. The molecule has 2 N–H and O–H groups in total. The van der Waals surface area contributed by atoms with E-state index in [4.69, 9.17) is 11.6 Å². The summed E-state index contributed by atoms with van der Waals surface area (Å²) in [5.74, 6) is 0. The van der Waals surface area contributed by atoms with Crippen LogP contribution in [0.1, 0.15) is 44.6 Å². The van der Waals surface area contributed by atoms with E-state index >= 15 is 0 Å². The third-order valence-electron chi connectivity index (χ3n) is 4.58. The number of nitrogens with one attached hydrogen (secondary N) is 2. The Labute approximate surface area is 136 Å². The number of hydrogen-bond acceptors (Lipinski definition) is 3. The first kappa shape index (κ1) is 15.4. The monoisotopic (exact) mass is 322 g/mol. The highest BCUT2D eigenvalue weighted by Crippen LogP contribution is 2.49. The average molecular weight is 323 g/mol. The number of likely N-dealkylation sites (N-methyl/N-ethyl adjacent to an activating group) is 1. The van der Waals surface area contributed by atoms with Gasteiger partial charge in [0.1, 0.15) is 0 Å². The zero-order valence-electron chi connectivity index (χ0n) is 12.5. The van der Waals surface area contributed by atoms with Crippen molar-refractivity contribution in [2.75, 3.05) is 13.1 Å². The molecule has 2 nitrogen and oxygen atoms in total. The summed E-state index contributed by atoms with van der Waals surface area (Å²) in [4.78, 5) is 1.34. The molecule has 1 spiro atoms. The summed E-state index contributed by atoms with van der Waals surface area (Å²) >= 11 is 8.21. The second-order valence-corrected chi connectivity index (χ2v) is 7.14. The van der Waals surface area contributed by atoms with E-state index in [1.165, 1.54) is 48.1 Å². The third kappa shape index (κ3) is 3.02. The highest BCUT2D eigenvalue weighted by molar-refractivity contribution is 8.07. The SMILES string of the molecule is CCNCC1=C(c2ccccc2Cl)SNC12CCCCC2. The summed E-state index contributed by atoms with van der Waals surface area (Å²) in [6.07, 6.45) is 6.49. The molecule has 0 unspecified atom stereocenters. The minimum atomic E-state index is 0.180. The molecule has 21 heavy (non-hydrogen) atoms. The van der Waals surface area contributed by atoms with Crippen molar-refractivity contribution in [2.24, 2.45) is 0 Å². The maximum Gasteiger partial charge on any atom is 0.0521 e. The van der Waals surface area contributed by atoms with Crippen molar-refractivity contribution in [3.63, 3.8) is 0 Å². The van der Waals surface area contributed by atoms with Crippen LogP contribution in [0.5, 0.6) is 0 Å². The molecule has 1 saturated carbocycles. The first-order valence-electron chi connectivity index (χ1n) is 7.90. The zero-order valence-corrected chi connectivity index (χ0v) is 14.1. The lowest BCUT2D eigenvalue weighted by Gasteiger charge is -2.36. The molecule has 0 radical (unpaired) electrons. The molecular formula is C17H23ClN2S. The van der Waals surface area contributed by atoms with E-state index in [0.29, 0.717) is 0 Å². The van der Waals surface area contributed by atoms with E-state index in [-0.39, 0.29) is 5.54 Å². The van der Waals surface area contributed by atoms with Crippen LogP contribution in [0.2, 0.25) is 5.02 Å². The van der Waals surface area contributed by atoms with Crippen LogP contribution in [-0.4, -0.2) is 18.6 Å². The highest BCUT2D eigenvalue weighted by atomic mass is 35.5. The largest absolute Gasteiger partial charge is 0.313 e. The van der Waals surface area contributed by atoms with Crippen molar-refractivity contribution in [3.8, 4) is 0 Å². The van der Waals surface area contributed by atoms with Gasteiger partial charge in [-0.3, -0.25) is 0 Å². The average Bonchev–Trinajstić information content (AvgIpc) is 2.84. The second kappa shape index (κ2) is 6.74. The summed E-state index contributed by atoms with van der Waals surface area (Å²) in [5.41, 5.74) is 2.87. The molecule has 1 aliphatic heterocycles. The van der Waals surface area contributed by atoms with E-state index in [1.807, 2.05) is 12.1 Å². The number of hydrogen-bond donors (Lipinski definition) is 2. The van der Waals surface area contributed by atoms with Crippen LogP contribution in [-0.2, 0) is 0 Å². The van der Waals surface area contributed by atoms with Crippen molar-refractivity contribution in [2.45, 2.75) is 44.6 Å². The quantitative estimate of drug-likeness (QED) is 0.791. The Hall–Kier alpha value is -0.480. The van der Waals surface area contributed by atoms with E-state index in [9.17, 15) is 0 Å². The van der Waals surface area contributed by atoms with Crippen molar-refractivity contribution < 1.29 is 0 Å². The molecule has 2 aliphatic rings. The van der Waals surface area contributed by atoms with Crippen LogP contribution in [0.15, 0.2) is 29.8 Å². The van der Waals surface area contributed by atoms with E-state index < -0.39 is 0 Å². The molecule has 1 aliphatic carbocycles. The summed E-state index contributed by atoms with van der Waals surface area (Å²) in [7, 11) is 0. The van der Waals surface area contributed by atoms with Crippen LogP contribution >= 0.6 is 23.5 Å². The smallest absolute Gasteiger partial charge is 0.0521 e. The van der Waals surface area contributed by atoms with Gasteiger partial charge in [0, 0.05) is 22.0 Å². The minimum absolute atomic E-state index is 0.180. The standard InChI is InChI=1S/C17H23ClN2S/c1-2-19-12-14-16(13-8-4-5-9-15(13)18)21-20-17(14)10-6-3-7-11-17/h4-5,8-9,19-20H,2-3,6-7,10-12H2,1H3. The van der Waals surface area contributed by atoms with E-state index in [1.54, 1.807) is 11.9 Å². The van der Waals surface area contributed by atoms with Crippen molar-refractivity contribution in [1.82, 2.24) is 10.0 Å². The topological polar surface area (TPSA) is 24.1 Å². The molecule has 1 heterocycles. The van der Waals surface area contributed by atoms with Crippen molar-refractivity contribution >= 4 is 28.5 Å². The van der Waals surface area contributed by atoms with Crippen LogP contribution in [0.3, 0.4) is 0 Å². The molecule has 4 heteroatoms. The first-order valence-corrected chi connectivity index (χ1v) is 9.09. The molecule has 114 valence electrons. The molecule has 3 rings (SSSR count). The third-order valence-corrected chi connectivity index (χ3v) is 6.07. The van der Waals surface area contributed by atoms with Crippen LogP contribution in [0.4, 0.5) is 0 Å². The van der Waals surface area contributed by atoms with Gasteiger partial charge >= 0.3 is 0 Å². The Morgan fingerprint density at radius 3 is 2.71 bits per heavy atom. The van der Waals surface area contributed by atoms with Gasteiger partial charge in [-0.1, -0.05) is 56.0 Å². The second-order valence-electron chi connectivity index (χ2n) is 5.91. The van der Waals surface area contributed by atoms with Gasteiger partial charge in [0.15, 0.2) is 0 Å². The lowest BCUT2D eigenvalue weighted by Crippen LogP contribution is -2.44. The summed E-state index contributed by atoms with van der Waals surface area (Å²) in [5, 5.41) is 4.38. The van der Waals surface area contributed by atoms with Gasteiger partial charge in [0.05, 0.1) is 5.54 Å². The summed E-state index contributed by atoms with van der Waals surface area (Å²) < 4.78 is 3.75. The molecule has 0 aromatic heterocycles. The predicted octanol–water partition coefficient (Wildman–Crippen LogP) is 4.61. The highest BCUT2D eigenvalue weighted by Gasteiger charge is 2.42. The number of halogens is 1. The molecule has 1 aromatic carbocycles. The normalized spacial score (nSPS) is 21.2.